The number of rotatable bonds is 5. The first kappa shape index (κ1) is 15.9. The molecule has 1 aliphatic carbocycles. The van der Waals surface area contributed by atoms with Gasteiger partial charge in [-0.3, -0.25) is 0 Å². The Morgan fingerprint density at radius 2 is 2.05 bits per heavy atom. The predicted octanol–water partition coefficient (Wildman–Crippen LogP) is 1.78. The van der Waals surface area contributed by atoms with Crippen LogP contribution < -0.4 is 5.73 Å². The van der Waals surface area contributed by atoms with Gasteiger partial charge < -0.3 is 15.0 Å². The third kappa shape index (κ3) is 3.58. The van der Waals surface area contributed by atoms with E-state index in [0.29, 0.717) is 17.4 Å². The Kier molecular flexibility index (Phi) is 4.06. The van der Waals surface area contributed by atoms with Gasteiger partial charge in [0.2, 0.25) is 0 Å². The average Bonchev–Trinajstić information content (AvgIpc) is 3.10. The summed E-state index contributed by atoms with van der Waals surface area (Å²) in [5.41, 5.74) is 6.62. The van der Waals surface area contributed by atoms with Crippen molar-refractivity contribution in [2.75, 3.05) is 18.1 Å². The summed E-state index contributed by atoms with van der Waals surface area (Å²) in [7, 11) is -3.29. The Balaban J connectivity index is 1.97. The standard InChI is InChI=1S/C14H22N2O4S/c1-14(2,3)21(18,19)7-6-20-13(17)12-8-10(15)9-16(12)11-4-5-11/h8-9,11H,4-7,15H2,1-3H3. The van der Waals surface area contributed by atoms with Crippen LogP contribution in [0.25, 0.3) is 0 Å². The van der Waals surface area contributed by atoms with Crippen molar-refractivity contribution in [2.24, 2.45) is 0 Å². The van der Waals surface area contributed by atoms with Gasteiger partial charge in [0.1, 0.15) is 12.3 Å². The molecule has 21 heavy (non-hydrogen) atoms. The molecule has 1 aromatic heterocycles. The smallest absolute Gasteiger partial charge is 0.355 e. The largest absolute Gasteiger partial charge is 0.460 e. The lowest BCUT2D eigenvalue weighted by Gasteiger charge is -2.18. The molecule has 1 heterocycles. The minimum Gasteiger partial charge on any atom is -0.460 e. The van der Waals surface area contributed by atoms with Gasteiger partial charge in [-0.15, -0.1) is 0 Å². The third-order valence-corrected chi connectivity index (χ3v) is 6.11. The average molecular weight is 314 g/mol. The summed E-state index contributed by atoms with van der Waals surface area (Å²) in [5.74, 6) is -0.704. The maximum atomic E-state index is 12.1. The Hall–Kier alpha value is -1.50. The number of esters is 1. The van der Waals surface area contributed by atoms with Crippen LogP contribution in [0.1, 0.15) is 50.1 Å². The van der Waals surface area contributed by atoms with Gasteiger partial charge in [-0.25, -0.2) is 13.2 Å². The second-order valence-electron chi connectivity index (χ2n) is 6.36. The van der Waals surface area contributed by atoms with Crippen LogP contribution in [0, 0.1) is 0 Å². The lowest BCUT2D eigenvalue weighted by atomic mass is 10.3. The van der Waals surface area contributed by atoms with E-state index < -0.39 is 20.6 Å². The van der Waals surface area contributed by atoms with Crippen molar-refractivity contribution in [3.8, 4) is 0 Å². The number of sulfone groups is 1. The van der Waals surface area contributed by atoms with Crippen molar-refractivity contribution < 1.29 is 17.9 Å². The monoisotopic (exact) mass is 314 g/mol. The molecule has 0 spiro atoms. The summed E-state index contributed by atoms with van der Waals surface area (Å²) in [5, 5.41) is 0. The van der Waals surface area contributed by atoms with Crippen molar-refractivity contribution in [1.82, 2.24) is 4.57 Å². The molecule has 0 atom stereocenters. The van der Waals surface area contributed by atoms with Crippen molar-refractivity contribution in [3.63, 3.8) is 0 Å². The van der Waals surface area contributed by atoms with Crippen molar-refractivity contribution in [1.29, 1.82) is 0 Å². The molecule has 1 aliphatic rings. The van der Waals surface area contributed by atoms with Crippen LogP contribution in [0.2, 0.25) is 0 Å². The van der Waals surface area contributed by atoms with Gasteiger partial charge in [0.05, 0.1) is 16.2 Å². The fourth-order valence-corrected chi connectivity index (χ4v) is 2.86. The number of nitrogens with zero attached hydrogens (tertiary/aromatic N) is 1. The number of nitrogen functional groups attached to an aromatic ring is 1. The van der Waals surface area contributed by atoms with Gasteiger partial charge in [-0.2, -0.15) is 0 Å². The number of hydrogen-bond donors (Lipinski definition) is 1. The molecular formula is C14H22N2O4S. The predicted molar refractivity (Wildman–Crippen MR) is 80.9 cm³/mol. The topological polar surface area (TPSA) is 91.4 Å². The van der Waals surface area contributed by atoms with Crippen LogP contribution in [0.15, 0.2) is 12.3 Å². The fraction of sp³-hybridized carbons (Fsp3) is 0.643. The zero-order valence-electron chi connectivity index (χ0n) is 12.6. The number of carbonyl (C=O) groups excluding carboxylic acids is 1. The Bertz CT molecular complexity index is 636. The van der Waals surface area contributed by atoms with E-state index in [4.69, 9.17) is 10.5 Å². The van der Waals surface area contributed by atoms with E-state index in [2.05, 4.69) is 0 Å². The molecule has 2 N–H and O–H groups in total. The second-order valence-corrected chi connectivity index (χ2v) is 9.23. The van der Waals surface area contributed by atoms with Crippen LogP contribution in [-0.4, -0.2) is 36.1 Å². The zero-order chi connectivity index (χ0) is 15.8. The first-order valence-electron chi connectivity index (χ1n) is 6.98. The molecule has 0 aromatic carbocycles. The minimum absolute atomic E-state index is 0.145. The molecule has 0 bridgehead atoms. The van der Waals surface area contributed by atoms with E-state index in [-0.39, 0.29) is 12.4 Å². The number of nitrogens with two attached hydrogens (primary N) is 1. The highest BCUT2D eigenvalue weighted by Crippen LogP contribution is 2.37. The molecule has 1 saturated carbocycles. The van der Waals surface area contributed by atoms with E-state index in [1.807, 2.05) is 4.57 Å². The van der Waals surface area contributed by atoms with E-state index in [1.54, 1.807) is 33.0 Å². The van der Waals surface area contributed by atoms with Crippen molar-refractivity contribution in [2.45, 2.75) is 44.4 Å². The maximum absolute atomic E-state index is 12.1. The first-order valence-corrected chi connectivity index (χ1v) is 8.64. The summed E-state index contributed by atoms with van der Waals surface area (Å²) >= 11 is 0. The Morgan fingerprint density at radius 1 is 1.43 bits per heavy atom. The molecule has 118 valence electrons. The summed E-state index contributed by atoms with van der Waals surface area (Å²) in [6.07, 6.45) is 3.76. The minimum atomic E-state index is -3.29. The highest BCUT2D eigenvalue weighted by molar-refractivity contribution is 7.92. The second kappa shape index (κ2) is 5.36. The molecule has 0 amide bonds. The van der Waals surface area contributed by atoms with Crippen LogP contribution in [0.3, 0.4) is 0 Å². The summed E-state index contributed by atoms with van der Waals surface area (Å²) in [6.45, 7) is 4.74. The number of hydrogen-bond acceptors (Lipinski definition) is 5. The van der Waals surface area contributed by atoms with Crippen LogP contribution in [0.5, 0.6) is 0 Å². The summed E-state index contributed by atoms with van der Waals surface area (Å²) in [4.78, 5) is 12.1. The Morgan fingerprint density at radius 3 is 2.57 bits per heavy atom. The van der Waals surface area contributed by atoms with Crippen LogP contribution in [0.4, 0.5) is 5.69 Å². The van der Waals surface area contributed by atoms with Gasteiger partial charge in [-0.1, -0.05) is 0 Å². The normalized spacial score (nSPS) is 16.0. The number of anilines is 1. The van der Waals surface area contributed by atoms with Crippen LogP contribution in [-0.2, 0) is 14.6 Å². The molecular weight excluding hydrogens is 292 g/mol. The molecule has 0 aliphatic heterocycles. The van der Waals surface area contributed by atoms with E-state index >= 15 is 0 Å². The SMILES string of the molecule is CC(C)(C)S(=O)(=O)CCOC(=O)c1cc(N)cn1C1CC1. The lowest BCUT2D eigenvalue weighted by Crippen LogP contribution is -2.32. The van der Waals surface area contributed by atoms with Gasteiger partial charge in [-0.05, 0) is 39.7 Å². The molecule has 7 heteroatoms. The highest BCUT2D eigenvalue weighted by atomic mass is 32.2. The van der Waals surface area contributed by atoms with E-state index in [0.717, 1.165) is 12.8 Å². The van der Waals surface area contributed by atoms with Crippen LogP contribution >= 0.6 is 0 Å². The number of ether oxygens (including phenoxy) is 1. The van der Waals surface area contributed by atoms with E-state index in [9.17, 15) is 13.2 Å². The van der Waals surface area contributed by atoms with E-state index in [1.165, 1.54) is 0 Å². The first-order chi connectivity index (χ1) is 9.62. The zero-order valence-corrected chi connectivity index (χ0v) is 13.4. The van der Waals surface area contributed by atoms with Crippen molar-refractivity contribution in [3.05, 3.63) is 18.0 Å². The highest BCUT2D eigenvalue weighted by Gasteiger charge is 2.30. The maximum Gasteiger partial charge on any atom is 0.355 e. The molecule has 1 fully saturated rings. The quantitative estimate of drug-likeness (QED) is 0.836. The van der Waals surface area contributed by atoms with Gasteiger partial charge >= 0.3 is 5.97 Å². The molecule has 0 unspecified atom stereocenters. The molecule has 0 saturated heterocycles. The van der Waals surface area contributed by atoms with Gasteiger partial charge in [0.15, 0.2) is 9.84 Å². The molecule has 1 aromatic rings. The lowest BCUT2D eigenvalue weighted by molar-refractivity contribution is 0.0516. The van der Waals surface area contributed by atoms with Crippen molar-refractivity contribution >= 4 is 21.5 Å². The molecule has 6 nitrogen and oxygen atoms in total. The Labute approximate surface area is 125 Å². The summed E-state index contributed by atoms with van der Waals surface area (Å²) < 4.78 is 29.9. The fourth-order valence-electron chi connectivity index (χ4n) is 1.94. The molecule has 2 rings (SSSR count). The van der Waals surface area contributed by atoms with Gasteiger partial charge in [0, 0.05) is 12.2 Å². The number of aromatic nitrogens is 1. The third-order valence-electron chi connectivity index (χ3n) is 3.54. The molecule has 0 radical (unpaired) electrons. The summed E-state index contributed by atoms with van der Waals surface area (Å²) in [6, 6.07) is 1.88. The van der Waals surface area contributed by atoms with Gasteiger partial charge in [0.25, 0.3) is 0 Å². The number of carbonyl (C=O) groups is 1.